The Labute approximate surface area is 129 Å². The van der Waals surface area contributed by atoms with E-state index in [1.54, 1.807) is 6.07 Å². The van der Waals surface area contributed by atoms with E-state index in [-0.39, 0.29) is 11.3 Å². The highest BCUT2D eigenvalue weighted by atomic mass is 32.1. The van der Waals surface area contributed by atoms with Crippen LogP contribution in [0.5, 0.6) is 0 Å². The van der Waals surface area contributed by atoms with Crippen LogP contribution in [0.2, 0.25) is 0 Å². The van der Waals surface area contributed by atoms with Crippen molar-refractivity contribution >= 4 is 29.3 Å². The Kier molecular flexibility index (Phi) is 5.72. The molecule has 0 bridgehead atoms. The van der Waals surface area contributed by atoms with Gasteiger partial charge in [0.2, 0.25) is 0 Å². The smallest absolute Gasteiger partial charge is 0.328 e. The molecule has 1 heterocycles. The largest absolute Gasteiger partial charge is 0.478 e. The van der Waals surface area contributed by atoms with Crippen LogP contribution >= 0.6 is 11.3 Å². The number of carbonyl (C=O) groups is 2. The van der Waals surface area contributed by atoms with Crippen LogP contribution < -0.4 is 5.32 Å². The third kappa shape index (κ3) is 5.34. The molecule has 5 heteroatoms. The summed E-state index contributed by atoms with van der Waals surface area (Å²) in [6.45, 7) is 11.0. The van der Waals surface area contributed by atoms with Gasteiger partial charge in [-0.15, -0.1) is 11.3 Å². The predicted molar refractivity (Wildman–Crippen MR) is 86.7 cm³/mol. The number of carboxylic acids is 1. The van der Waals surface area contributed by atoms with Crippen molar-refractivity contribution in [2.75, 3.05) is 6.54 Å². The number of hydrogen-bond donors (Lipinski definition) is 2. The van der Waals surface area contributed by atoms with E-state index in [2.05, 4.69) is 33.0 Å². The molecule has 0 spiro atoms. The Morgan fingerprint density at radius 2 is 2.05 bits per heavy atom. The van der Waals surface area contributed by atoms with E-state index in [9.17, 15) is 9.59 Å². The van der Waals surface area contributed by atoms with Crippen molar-refractivity contribution in [3.63, 3.8) is 0 Å². The van der Waals surface area contributed by atoms with Gasteiger partial charge in [-0.1, -0.05) is 27.7 Å². The lowest BCUT2D eigenvalue weighted by atomic mass is 9.82. The Hall–Kier alpha value is -1.62. The number of amides is 1. The van der Waals surface area contributed by atoms with Crippen LogP contribution in [0.25, 0.3) is 6.08 Å². The summed E-state index contributed by atoms with van der Waals surface area (Å²) in [6, 6.07) is 1.79. The highest BCUT2D eigenvalue weighted by Gasteiger charge is 2.21. The van der Waals surface area contributed by atoms with Crippen molar-refractivity contribution in [3.8, 4) is 0 Å². The van der Waals surface area contributed by atoms with Gasteiger partial charge in [-0.25, -0.2) is 4.79 Å². The van der Waals surface area contributed by atoms with E-state index in [4.69, 9.17) is 5.11 Å². The fourth-order valence-electron chi connectivity index (χ4n) is 1.56. The number of nitrogens with one attached hydrogen (secondary N) is 1. The Bertz CT molecular complexity index is 552. The van der Waals surface area contributed by atoms with Crippen LogP contribution in [-0.4, -0.2) is 23.5 Å². The number of carbonyl (C=O) groups excluding carboxylic acids is 1. The average molecular weight is 309 g/mol. The first-order valence-corrected chi connectivity index (χ1v) is 7.72. The summed E-state index contributed by atoms with van der Waals surface area (Å²) in [4.78, 5) is 24.1. The van der Waals surface area contributed by atoms with Crippen molar-refractivity contribution in [1.29, 1.82) is 0 Å². The van der Waals surface area contributed by atoms with Crippen molar-refractivity contribution in [2.45, 2.75) is 34.6 Å². The topological polar surface area (TPSA) is 66.4 Å². The lowest BCUT2D eigenvalue weighted by Crippen LogP contribution is -2.33. The number of aliphatic carboxylic acids is 1. The molecule has 0 aliphatic heterocycles. The maximum absolute atomic E-state index is 12.1. The zero-order chi connectivity index (χ0) is 16.2. The van der Waals surface area contributed by atoms with Gasteiger partial charge in [0.1, 0.15) is 0 Å². The third-order valence-electron chi connectivity index (χ3n) is 3.60. The first-order chi connectivity index (χ1) is 9.61. The zero-order valence-corrected chi connectivity index (χ0v) is 14.0. The second-order valence-electron chi connectivity index (χ2n) is 6.31. The molecule has 1 atom stereocenters. The Balaban J connectivity index is 2.72. The second-order valence-corrected chi connectivity index (χ2v) is 7.39. The molecule has 0 saturated carbocycles. The molecular weight excluding hydrogens is 286 g/mol. The summed E-state index contributed by atoms with van der Waals surface area (Å²) in [5.41, 5.74) is 1.06. The monoisotopic (exact) mass is 309 g/mol. The highest BCUT2D eigenvalue weighted by molar-refractivity contribution is 7.15. The maximum Gasteiger partial charge on any atom is 0.328 e. The van der Waals surface area contributed by atoms with Crippen molar-refractivity contribution in [3.05, 3.63) is 27.5 Å². The van der Waals surface area contributed by atoms with Gasteiger partial charge < -0.3 is 10.4 Å². The molecule has 1 rings (SSSR count). The van der Waals surface area contributed by atoms with E-state index < -0.39 is 5.97 Å². The fraction of sp³-hybridized carbons (Fsp3) is 0.500. The molecule has 0 radical (unpaired) electrons. The first kappa shape index (κ1) is 17.4. The van der Waals surface area contributed by atoms with Gasteiger partial charge in [0.05, 0.1) is 4.88 Å². The molecule has 1 aromatic rings. The molecule has 0 aliphatic carbocycles. The van der Waals surface area contributed by atoms with Gasteiger partial charge in [0.15, 0.2) is 0 Å². The summed E-state index contributed by atoms with van der Waals surface area (Å²) in [5, 5.41) is 11.6. The van der Waals surface area contributed by atoms with Crippen LogP contribution in [-0.2, 0) is 4.79 Å². The van der Waals surface area contributed by atoms with Gasteiger partial charge in [-0.05, 0) is 36.0 Å². The fourth-order valence-corrected chi connectivity index (χ4v) is 2.55. The number of rotatable bonds is 5. The molecule has 2 N–H and O–H groups in total. The third-order valence-corrected chi connectivity index (χ3v) is 4.81. The van der Waals surface area contributed by atoms with Gasteiger partial charge in [-0.3, -0.25) is 4.79 Å². The molecule has 1 amide bonds. The molecule has 1 unspecified atom stereocenters. The molecule has 21 heavy (non-hydrogen) atoms. The van der Waals surface area contributed by atoms with Crippen LogP contribution in [0.4, 0.5) is 0 Å². The Morgan fingerprint density at radius 3 is 2.57 bits per heavy atom. The van der Waals surface area contributed by atoms with Crippen molar-refractivity contribution in [1.82, 2.24) is 5.32 Å². The lowest BCUT2D eigenvalue weighted by molar-refractivity contribution is -0.131. The quantitative estimate of drug-likeness (QED) is 0.817. The molecule has 1 aromatic heterocycles. The minimum atomic E-state index is -0.993. The van der Waals surface area contributed by atoms with Crippen molar-refractivity contribution < 1.29 is 14.7 Å². The summed E-state index contributed by atoms with van der Waals surface area (Å²) in [6.07, 6.45) is 2.61. The molecule has 0 fully saturated rings. The lowest BCUT2D eigenvalue weighted by Gasteiger charge is -2.27. The molecule has 0 aromatic carbocycles. The molecule has 4 nitrogen and oxygen atoms in total. The van der Waals surface area contributed by atoms with Crippen LogP contribution in [0.3, 0.4) is 0 Å². The minimum absolute atomic E-state index is 0.103. The summed E-state index contributed by atoms with van der Waals surface area (Å²) >= 11 is 1.31. The van der Waals surface area contributed by atoms with E-state index in [0.717, 1.165) is 16.5 Å². The molecular formula is C16H23NO3S. The normalized spacial score (nSPS) is 13.4. The second kappa shape index (κ2) is 6.89. The molecule has 116 valence electrons. The van der Waals surface area contributed by atoms with Crippen molar-refractivity contribution in [2.24, 2.45) is 11.3 Å². The zero-order valence-electron chi connectivity index (χ0n) is 13.2. The number of thiophene rings is 1. The van der Waals surface area contributed by atoms with Gasteiger partial charge in [0.25, 0.3) is 5.91 Å². The Morgan fingerprint density at radius 1 is 1.43 bits per heavy atom. The predicted octanol–water partition coefficient (Wildman–Crippen LogP) is 3.57. The number of hydrogen-bond acceptors (Lipinski definition) is 3. The summed E-state index contributed by atoms with van der Waals surface area (Å²) < 4.78 is 0. The van der Waals surface area contributed by atoms with E-state index in [1.165, 1.54) is 17.4 Å². The van der Waals surface area contributed by atoms with E-state index in [0.29, 0.717) is 17.3 Å². The maximum atomic E-state index is 12.1. The van der Waals surface area contributed by atoms with E-state index in [1.807, 2.05) is 6.92 Å². The summed E-state index contributed by atoms with van der Waals surface area (Å²) in [5.74, 6) is -0.726. The first-order valence-electron chi connectivity index (χ1n) is 6.91. The van der Waals surface area contributed by atoms with Crippen LogP contribution in [0, 0.1) is 18.3 Å². The molecule has 0 aliphatic rings. The average Bonchev–Trinajstić information content (AvgIpc) is 2.73. The van der Waals surface area contributed by atoms with Gasteiger partial charge in [-0.2, -0.15) is 0 Å². The number of aryl methyl sites for hydroxylation is 1. The van der Waals surface area contributed by atoms with Gasteiger partial charge in [0, 0.05) is 17.5 Å². The SMILES string of the molecule is Cc1cc(C(=O)NCC(C)C(C)(C)C)sc1/C=C/C(=O)O. The standard InChI is InChI=1S/C16H23NO3S/c1-10-8-13(21-12(10)6-7-14(18)19)15(20)17-9-11(2)16(3,4)5/h6-8,11H,9H2,1-5H3,(H,17,20)(H,18,19)/b7-6+. The number of carboxylic acid groups (broad SMARTS) is 1. The highest BCUT2D eigenvalue weighted by Crippen LogP contribution is 2.26. The summed E-state index contributed by atoms with van der Waals surface area (Å²) in [7, 11) is 0. The van der Waals surface area contributed by atoms with Crippen LogP contribution in [0.15, 0.2) is 12.1 Å². The van der Waals surface area contributed by atoms with E-state index >= 15 is 0 Å². The minimum Gasteiger partial charge on any atom is -0.478 e. The van der Waals surface area contributed by atoms with Crippen LogP contribution in [0.1, 0.15) is 47.8 Å². The van der Waals surface area contributed by atoms with Gasteiger partial charge >= 0.3 is 5.97 Å². The molecule has 0 saturated heterocycles.